The quantitative estimate of drug-likeness (QED) is 0.0522. The summed E-state index contributed by atoms with van der Waals surface area (Å²) in [5.41, 5.74) is 13.7. The Hall–Kier alpha value is -8.18. The zero-order valence-corrected chi connectivity index (χ0v) is 37.1. The van der Waals surface area contributed by atoms with E-state index in [9.17, 15) is 28.8 Å². The summed E-state index contributed by atoms with van der Waals surface area (Å²) in [6, 6.07) is 39.8. The molecule has 0 unspecified atom stereocenters. The number of rotatable bonds is 22. The van der Waals surface area contributed by atoms with E-state index in [0.29, 0.717) is 17.7 Å². The topological polar surface area (TPSA) is 249 Å². The number of aromatic nitrogens is 3. The van der Waals surface area contributed by atoms with Gasteiger partial charge in [0.2, 0.25) is 23.6 Å². The number of hydrogen-bond donors (Lipinski definition) is 7. The fourth-order valence-corrected chi connectivity index (χ4v) is 8.15. The molecular weight excluding hydrogens is 867 g/mol. The Balaban J connectivity index is 0.951. The molecule has 0 radical (unpaired) electrons. The van der Waals surface area contributed by atoms with Crippen LogP contribution in [0.25, 0.3) is 11.1 Å². The molecule has 0 aliphatic heterocycles. The number of ether oxygens (including phenoxy) is 1. The second kappa shape index (κ2) is 23.3. The predicted octanol–water partition coefficient (Wildman–Crippen LogP) is 3.07. The van der Waals surface area contributed by atoms with E-state index in [1.54, 1.807) is 65.5 Å². The lowest BCUT2D eigenvalue weighted by Crippen LogP contribution is -2.55. The molecule has 68 heavy (non-hydrogen) atoms. The Morgan fingerprint density at radius 3 is 1.66 bits per heavy atom. The summed E-state index contributed by atoms with van der Waals surface area (Å²) in [4.78, 5) is 77.7. The van der Waals surface area contributed by atoms with E-state index >= 15 is 0 Å². The summed E-state index contributed by atoms with van der Waals surface area (Å²) in [7, 11) is 0. The van der Waals surface area contributed by atoms with E-state index in [0.717, 1.165) is 33.4 Å². The zero-order valence-electron chi connectivity index (χ0n) is 37.1. The minimum Gasteiger partial charge on any atom is -0.480 e. The third-order valence-corrected chi connectivity index (χ3v) is 11.4. The van der Waals surface area contributed by atoms with Gasteiger partial charge in [-0.2, -0.15) is 0 Å². The molecule has 4 atom stereocenters. The van der Waals surface area contributed by atoms with Crippen LogP contribution in [0.4, 0.5) is 4.79 Å². The molecule has 0 saturated heterocycles. The molecule has 0 spiro atoms. The summed E-state index contributed by atoms with van der Waals surface area (Å²) in [6.07, 6.45) is 1.63. The number of nitrogens with two attached hydrogens (primary N) is 1. The van der Waals surface area contributed by atoms with Crippen molar-refractivity contribution in [3.63, 3.8) is 0 Å². The maximum Gasteiger partial charge on any atom is 0.407 e. The number of carboxylic acids is 1. The first kappa shape index (κ1) is 47.8. The normalized spacial score (nSPS) is 13.4. The van der Waals surface area contributed by atoms with Gasteiger partial charge in [0.05, 0.1) is 30.9 Å². The second-order valence-corrected chi connectivity index (χ2v) is 16.5. The lowest BCUT2D eigenvalue weighted by molar-refractivity contribution is -0.138. The Kier molecular flexibility index (Phi) is 16.4. The minimum absolute atomic E-state index is 0.0379. The number of nitrogens with zero attached hydrogens (tertiary/aromatic N) is 3. The van der Waals surface area contributed by atoms with E-state index in [1.165, 1.54) is 0 Å². The Bertz CT molecular complexity index is 2640. The molecule has 6 aromatic rings. The number of amides is 5. The monoisotopic (exact) mass is 919 g/mol. The van der Waals surface area contributed by atoms with Gasteiger partial charge in [0, 0.05) is 31.4 Å². The van der Waals surface area contributed by atoms with Gasteiger partial charge in [-0.05, 0) is 45.4 Å². The molecule has 1 aliphatic rings. The standard InChI is InChI=1S/C51H53N9O8/c52-43(48(64)57-45(26-35-18-8-3-9-19-35)50(66)53-28-46(61)56-44(49(65)54-29-47(62)63)25-34-16-6-2-7-17-34)27-37-31-60(59-58-37)30-36(24-33-14-4-1-5-15-33)55-51(67)68-32-42-40-22-12-10-20-38(40)39-21-11-13-23-41(39)42/h1-23,31,36,42-45H,24-30,32,52H2,(H,53,66)(H,54,65)(H,55,67)(H,56,61)(H,57,64)(H,62,63)/t36-,43-,44-,45-/m0/s1. The van der Waals surface area contributed by atoms with Crippen molar-refractivity contribution >= 4 is 35.7 Å². The van der Waals surface area contributed by atoms with E-state index < -0.39 is 72.9 Å². The molecule has 0 fully saturated rings. The number of alkyl carbamates (subject to hydrolysis) is 1. The van der Waals surface area contributed by atoms with Crippen molar-refractivity contribution in [1.82, 2.24) is 41.6 Å². The summed E-state index contributed by atoms with van der Waals surface area (Å²) >= 11 is 0. The molecule has 8 N–H and O–H groups in total. The average Bonchev–Trinajstić information content (AvgIpc) is 3.93. The Morgan fingerprint density at radius 1 is 0.603 bits per heavy atom. The van der Waals surface area contributed by atoms with Crippen LogP contribution in [0.1, 0.15) is 39.4 Å². The molecule has 17 nitrogen and oxygen atoms in total. The number of nitrogens with one attached hydrogen (secondary N) is 5. The molecule has 17 heteroatoms. The summed E-state index contributed by atoms with van der Waals surface area (Å²) < 4.78 is 7.43. The Morgan fingerprint density at radius 2 is 1.10 bits per heavy atom. The molecule has 1 aromatic heterocycles. The SMILES string of the molecule is N[C@@H](Cc1cn(C[C@H](Cc2ccccc2)NC(=O)OCC2c3ccccc3-c3ccccc32)nn1)C(=O)N[C@@H](Cc1ccccc1)C(=O)NCC(=O)N[C@@H](Cc1ccccc1)C(=O)NCC(=O)O. The van der Waals surface area contributed by atoms with Crippen molar-refractivity contribution < 1.29 is 38.6 Å². The fraction of sp³-hybridized carbons (Fsp3) is 0.255. The van der Waals surface area contributed by atoms with E-state index in [1.807, 2.05) is 60.7 Å². The molecule has 350 valence electrons. The Labute approximate surface area is 392 Å². The number of carbonyl (C=O) groups is 6. The van der Waals surface area contributed by atoms with E-state index in [4.69, 9.17) is 15.6 Å². The molecular formula is C51H53N9O8. The second-order valence-electron chi connectivity index (χ2n) is 16.5. The van der Waals surface area contributed by atoms with Gasteiger partial charge in [-0.1, -0.05) is 145 Å². The van der Waals surface area contributed by atoms with Crippen molar-refractivity contribution in [1.29, 1.82) is 0 Å². The molecule has 1 aliphatic carbocycles. The van der Waals surface area contributed by atoms with Crippen molar-refractivity contribution in [2.45, 2.75) is 62.3 Å². The molecule has 5 aromatic carbocycles. The fourth-order valence-electron chi connectivity index (χ4n) is 8.15. The number of aliphatic carboxylic acids is 1. The van der Waals surface area contributed by atoms with Crippen LogP contribution in [0, 0.1) is 0 Å². The van der Waals surface area contributed by atoms with Crippen molar-refractivity contribution in [3.05, 3.63) is 179 Å². The number of fused-ring (bicyclic) bond motifs is 3. The largest absolute Gasteiger partial charge is 0.480 e. The van der Waals surface area contributed by atoms with Crippen LogP contribution in [0.15, 0.2) is 146 Å². The summed E-state index contributed by atoms with van der Waals surface area (Å²) in [5, 5.41) is 30.7. The van der Waals surface area contributed by atoms with Crippen molar-refractivity contribution in [2.75, 3.05) is 19.7 Å². The van der Waals surface area contributed by atoms with Crippen LogP contribution in [0.3, 0.4) is 0 Å². The zero-order chi connectivity index (χ0) is 47.8. The van der Waals surface area contributed by atoms with Crippen molar-refractivity contribution in [2.24, 2.45) is 5.73 Å². The smallest absolute Gasteiger partial charge is 0.407 e. The van der Waals surface area contributed by atoms with Gasteiger partial charge in [0.15, 0.2) is 0 Å². The molecule has 5 amide bonds. The highest BCUT2D eigenvalue weighted by Gasteiger charge is 2.30. The summed E-state index contributed by atoms with van der Waals surface area (Å²) in [6.45, 7) is -0.813. The number of carboxylic acid groups (broad SMARTS) is 1. The first-order valence-electron chi connectivity index (χ1n) is 22.2. The van der Waals surface area contributed by atoms with Gasteiger partial charge in [0.1, 0.15) is 25.2 Å². The van der Waals surface area contributed by atoms with Crippen LogP contribution >= 0.6 is 0 Å². The first-order valence-corrected chi connectivity index (χ1v) is 22.2. The van der Waals surface area contributed by atoms with Gasteiger partial charge < -0.3 is 42.2 Å². The highest BCUT2D eigenvalue weighted by Crippen LogP contribution is 2.44. The maximum absolute atomic E-state index is 13.6. The third kappa shape index (κ3) is 13.4. The van der Waals surface area contributed by atoms with E-state index in [-0.39, 0.29) is 38.3 Å². The highest BCUT2D eigenvalue weighted by atomic mass is 16.5. The molecule has 1 heterocycles. The number of benzene rings is 5. The highest BCUT2D eigenvalue weighted by molar-refractivity contribution is 5.94. The van der Waals surface area contributed by atoms with Crippen LogP contribution in [-0.2, 0) is 60.9 Å². The van der Waals surface area contributed by atoms with Gasteiger partial charge in [-0.3, -0.25) is 28.7 Å². The summed E-state index contributed by atoms with van der Waals surface area (Å²) in [5.74, 6) is -4.12. The van der Waals surface area contributed by atoms with Crippen molar-refractivity contribution in [3.8, 4) is 11.1 Å². The molecule has 7 rings (SSSR count). The molecule has 0 bridgehead atoms. The predicted molar refractivity (Wildman–Crippen MR) is 252 cm³/mol. The number of hydrogen-bond acceptors (Lipinski definition) is 10. The van der Waals surface area contributed by atoms with Gasteiger partial charge >= 0.3 is 12.1 Å². The van der Waals surface area contributed by atoms with E-state index in [2.05, 4.69) is 61.2 Å². The lowest BCUT2D eigenvalue weighted by atomic mass is 9.98. The van der Waals surface area contributed by atoms with Crippen LogP contribution in [0.5, 0.6) is 0 Å². The first-order chi connectivity index (χ1) is 33.0. The number of carbonyl (C=O) groups excluding carboxylic acids is 5. The maximum atomic E-state index is 13.6. The van der Waals surface area contributed by atoms with Crippen LogP contribution in [-0.4, -0.2) is 99.7 Å². The third-order valence-electron chi connectivity index (χ3n) is 11.4. The van der Waals surface area contributed by atoms with Crippen LogP contribution in [0.2, 0.25) is 0 Å². The van der Waals surface area contributed by atoms with Gasteiger partial charge in [0.25, 0.3) is 0 Å². The van der Waals surface area contributed by atoms with Crippen LogP contribution < -0.4 is 32.3 Å². The van der Waals surface area contributed by atoms with Gasteiger partial charge in [-0.25, -0.2) is 4.79 Å². The lowest BCUT2D eigenvalue weighted by Gasteiger charge is -2.21. The van der Waals surface area contributed by atoms with Gasteiger partial charge in [-0.15, -0.1) is 5.10 Å². The average molecular weight is 920 g/mol. The minimum atomic E-state index is -1.25. The molecule has 0 saturated carbocycles.